The number of unbranched alkanes of at least 4 members (excludes halogenated alkanes) is 18. The van der Waals surface area contributed by atoms with E-state index in [1.807, 2.05) is 24.3 Å². The van der Waals surface area contributed by atoms with Gasteiger partial charge in [-0.2, -0.15) is 0 Å². The molecule has 0 saturated heterocycles. The summed E-state index contributed by atoms with van der Waals surface area (Å²) in [5, 5.41) is 0. The van der Waals surface area contributed by atoms with Crippen molar-refractivity contribution in [2.24, 2.45) is 0 Å². The van der Waals surface area contributed by atoms with Crippen LogP contribution in [0.15, 0.2) is 36.7 Å². The fourth-order valence-corrected chi connectivity index (χ4v) is 5.13. The normalized spacial score (nSPS) is 10.6. The van der Waals surface area contributed by atoms with Crippen LogP contribution in [0, 0.1) is 24.2 Å². The molecule has 1 aromatic carbocycles. The summed E-state index contributed by atoms with van der Waals surface area (Å²) < 4.78 is 12.5. The molecule has 0 saturated carbocycles. The molecule has 3 heteroatoms. The quantitative estimate of drug-likeness (QED) is 0.0927. The van der Waals surface area contributed by atoms with E-state index in [2.05, 4.69) is 36.6 Å². The second kappa shape index (κ2) is 24.7. The average Bonchev–Trinajstić information content (AvgIpc) is 3.02. The Morgan fingerprint density at radius 1 is 0.595 bits per heavy atom. The fraction of sp³-hybridized carbons (Fsp3) is 0.615. The molecule has 0 fully saturated rings. The van der Waals surface area contributed by atoms with Gasteiger partial charge >= 0.3 is 0 Å². The van der Waals surface area contributed by atoms with Gasteiger partial charge in [-0.3, -0.25) is 4.98 Å². The Morgan fingerprint density at radius 3 is 1.48 bits per heavy atom. The molecule has 0 radical (unpaired) electrons. The molecule has 230 valence electrons. The molecule has 0 amide bonds. The maximum Gasteiger partial charge on any atom is 0.162 e. The zero-order valence-corrected chi connectivity index (χ0v) is 26.9. The summed E-state index contributed by atoms with van der Waals surface area (Å²) in [6.45, 7) is 5.90. The maximum atomic E-state index is 6.28. The first-order chi connectivity index (χ1) is 20.8. The summed E-state index contributed by atoms with van der Waals surface area (Å²) in [6.07, 6.45) is 35.5. The third kappa shape index (κ3) is 16.5. The van der Waals surface area contributed by atoms with Gasteiger partial charge in [0, 0.05) is 41.2 Å². The fourth-order valence-electron chi connectivity index (χ4n) is 5.13. The molecule has 42 heavy (non-hydrogen) atoms. The van der Waals surface area contributed by atoms with Crippen molar-refractivity contribution >= 4 is 0 Å². The highest BCUT2D eigenvalue weighted by Crippen LogP contribution is 2.31. The van der Waals surface area contributed by atoms with Gasteiger partial charge in [-0.05, 0) is 25.0 Å². The number of aromatic nitrogens is 1. The van der Waals surface area contributed by atoms with Gasteiger partial charge < -0.3 is 9.47 Å². The van der Waals surface area contributed by atoms with Crippen molar-refractivity contribution in [1.29, 1.82) is 0 Å². The smallest absolute Gasteiger partial charge is 0.162 e. The van der Waals surface area contributed by atoms with Gasteiger partial charge in [-0.1, -0.05) is 147 Å². The number of hydrogen-bond acceptors (Lipinski definition) is 3. The van der Waals surface area contributed by atoms with E-state index in [1.54, 1.807) is 12.4 Å². The number of rotatable bonds is 24. The topological polar surface area (TPSA) is 31.4 Å². The standard InChI is InChI=1S/C39H57NO2/c1-4-7-9-11-13-15-17-19-21-23-30-41-38-32-36(6-3)37(28-27-35-26-25-29-40-34-35)33-39(38)42-31-24-22-20-18-16-14-12-10-8-5-2/h3,25-26,29,32-34H,4-5,7-24,30-31H2,1-2H3. The summed E-state index contributed by atoms with van der Waals surface area (Å²) in [7, 11) is 0. The molecule has 0 aliphatic heterocycles. The summed E-state index contributed by atoms with van der Waals surface area (Å²) in [5.41, 5.74) is 2.37. The Morgan fingerprint density at radius 2 is 1.05 bits per heavy atom. The molecule has 0 aliphatic carbocycles. The Kier molecular flexibility index (Phi) is 20.7. The van der Waals surface area contributed by atoms with Crippen molar-refractivity contribution in [2.45, 2.75) is 142 Å². The highest BCUT2D eigenvalue weighted by Gasteiger charge is 2.11. The van der Waals surface area contributed by atoms with Gasteiger partial charge in [0.1, 0.15) is 0 Å². The molecule has 3 nitrogen and oxygen atoms in total. The molecule has 0 atom stereocenters. The predicted molar refractivity (Wildman–Crippen MR) is 179 cm³/mol. The highest BCUT2D eigenvalue weighted by atomic mass is 16.5. The first-order valence-electron chi connectivity index (χ1n) is 17.1. The van der Waals surface area contributed by atoms with E-state index in [4.69, 9.17) is 15.9 Å². The lowest BCUT2D eigenvalue weighted by Crippen LogP contribution is -2.04. The number of nitrogens with zero attached hydrogens (tertiary/aromatic N) is 1. The number of benzene rings is 1. The third-order valence-corrected chi connectivity index (χ3v) is 7.75. The first kappa shape index (κ1) is 35.3. The number of pyridine rings is 1. The van der Waals surface area contributed by atoms with Crippen LogP contribution in [0.3, 0.4) is 0 Å². The van der Waals surface area contributed by atoms with Gasteiger partial charge in [0.15, 0.2) is 11.5 Å². The molecule has 2 rings (SSSR count). The second-order valence-corrected chi connectivity index (χ2v) is 11.5. The summed E-state index contributed by atoms with van der Waals surface area (Å²) in [6, 6.07) is 7.72. The van der Waals surface area contributed by atoms with Crippen molar-refractivity contribution in [3.8, 4) is 35.7 Å². The van der Waals surface area contributed by atoms with Crippen LogP contribution in [0.5, 0.6) is 11.5 Å². The van der Waals surface area contributed by atoms with Crippen LogP contribution in [0.4, 0.5) is 0 Å². The van der Waals surface area contributed by atoms with Crippen molar-refractivity contribution < 1.29 is 9.47 Å². The minimum atomic E-state index is 0.676. The van der Waals surface area contributed by atoms with E-state index in [1.165, 1.54) is 116 Å². The van der Waals surface area contributed by atoms with Crippen LogP contribution in [0.2, 0.25) is 0 Å². The van der Waals surface area contributed by atoms with E-state index < -0.39 is 0 Å². The molecule has 2 aromatic rings. The Labute approximate surface area is 258 Å². The van der Waals surface area contributed by atoms with Crippen molar-refractivity contribution in [3.63, 3.8) is 0 Å². The van der Waals surface area contributed by atoms with E-state index in [0.29, 0.717) is 13.2 Å². The summed E-state index contributed by atoms with van der Waals surface area (Å²) in [5.74, 6) is 10.7. The Bertz CT molecular complexity index is 1040. The summed E-state index contributed by atoms with van der Waals surface area (Å²) >= 11 is 0. The SMILES string of the molecule is C#Cc1cc(OCCCCCCCCCCCC)c(OCCCCCCCCCCCC)cc1C#Cc1cccnc1. The summed E-state index contributed by atoms with van der Waals surface area (Å²) in [4.78, 5) is 4.16. The van der Waals surface area contributed by atoms with Gasteiger partial charge in [0.05, 0.1) is 13.2 Å². The number of hydrogen-bond donors (Lipinski definition) is 0. The third-order valence-electron chi connectivity index (χ3n) is 7.75. The van der Waals surface area contributed by atoms with E-state index in [0.717, 1.165) is 41.0 Å². The zero-order chi connectivity index (χ0) is 29.9. The maximum absolute atomic E-state index is 6.28. The largest absolute Gasteiger partial charge is 0.490 e. The molecule has 0 spiro atoms. The lowest BCUT2D eigenvalue weighted by molar-refractivity contribution is 0.258. The molecular formula is C39H57NO2. The predicted octanol–water partition coefficient (Wildman–Crippen LogP) is 11.1. The van der Waals surface area contributed by atoms with E-state index in [9.17, 15) is 0 Å². The van der Waals surface area contributed by atoms with Crippen LogP contribution >= 0.6 is 0 Å². The van der Waals surface area contributed by atoms with E-state index in [-0.39, 0.29) is 0 Å². The van der Waals surface area contributed by atoms with Gasteiger partial charge in [-0.25, -0.2) is 0 Å². The number of terminal acetylenes is 1. The van der Waals surface area contributed by atoms with Crippen LogP contribution < -0.4 is 9.47 Å². The lowest BCUT2D eigenvalue weighted by atomic mass is 10.1. The average molecular weight is 572 g/mol. The Balaban J connectivity index is 1.86. The van der Waals surface area contributed by atoms with Crippen LogP contribution in [0.25, 0.3) is 0 Å². The van der Waals surface area contributed by atoms with Crippen molar-refractivity contribution in [3.05, 3.63) is 53.3 Å². The molecule has 0 bridgehead atoms. The van der Waals surface area contributed by atoms with Crippen LogP contribution in [-0.2, 0) is 0 Å². The minimum Gasteiger partial charge on any atom is -0.490 e. The molecule has 1 heterocycles. The van der Waals surface area contributed by atoms with E-state index >= 15 is 0 Å². The van der Waals surface area contributed by atoms with Crippen molar-refractivity contribution in [2.75, 3.05) is 13.2 Å². The number of ether oxygens (including phenoxy) is 2. The second-order valence-electron chi connectivity index (χ2n) is 11.5. The molecular weight excluding hydrogens is 514 g/mol. The van der Waals surface area contributed by atoms with Gasteiger partial charge in [0.2, 0.25) is 0 Å². The minimum absolute atomic E-state index is 0.676. The monoisotopic (exact) mass is 571 g/mol. The Hall–Kier alpha value is -2.91. The highest BCUT2D eigenvalue weighted by molar-refractivity contribution is 5.59. The van der Waals surface area contributed by atoms with Gasteiger partial charge in [-0.15, -0.1) is 6.42 Å². The molecule has 0 N–H and O–H groups in total. The van der Waals surface area contributed by atoms with Gasteiger partial charge in [0.25, 0.3) is 0 Å². The van der Waals surface area contributed by atoms with Crippen molar-refractivity contribution in [1.82, 2.24) is 4.98 Å². The lowest BCUT2D eigenvalue weighted by Gasteiger charge is -2.15. The zero-order valence-electron chi connectivity index (χ0n) is 26.9. The molecule has 0 unspecified atom stereocenters. The van der Waals surface area contributed by atoms with Crippen LogP contribution in [-0.4, -0.2) is 18.2 Å². The molecule has 0 aliphatic rings. The van der Waals surface area contributed by atoms with Crippen LogP contribution in [0.1, 0.15) is 159 Å². The first-order valence-corrected chi connectivity index (χ1v) is 17.1. The molecule has 1 aromatic heterocycles.